The van der Waals surface area contributed by atoms with E-state index in [9.17, 15) is 40.5 Å². The van der Waals surface area contributed by atoms with Crippen LogP contribution < -0.4 is 5.32 Å². The molecule has 11 nitrogen and oxygen atoms in total. The zero-order valence-electron chi connectivity index (χ0n) is 49.5. The van der Waals surface area contributed by atoms with Gasteiger partial charge in [0, 0.05) is 0 Å². The fraction of sp³-hybridized carbons (Fsp3) is 0.923. The standard InChI is InChI=1S/C65H125NO10/c1-3-5-7-9-11-13-15-17-19-21-23-25-27-28-29-31-32-34-36-38-40-42-44-46-48-50-52-57(68)60(70)56(55-75-65-63(73)62(72)61(71)59(54-67)76-65)66-64(74)58(69)53-51-49-47-45-43-41-39-37-35-33-30-26-24-22-20-18-16-14-12-10-8-6-4-2/h36,38,44,46,56-63,65,67-73H,3-35,37,39-43,45,47-55H2,1-2H3,(H,66,74)/b38-36+,46-44+. The van der Waals surface area contributed by atoms with Crippen molar-refractivity contribution in [1.82, 2.24) is 5.32 Å². The molecule has 1 aliphatic rings. The number of aliphatic hydroxyl groups is 7. The number of aliphatic hydroxyl groups excluding tert-OH is 7. The SMILES string of the molecule is CCCCCCCCCCCCCCCCCCC/C=C/CC/C=C/CCCC(O)C(O)C(COC1OC(CO)C(O)C(O)C1O)NC(=O)C(O)CCCCCCCCCCCCCCCCCCCCCCCCC. The first-order valence-electron chi connectivity index (χ1n) is 32.7. The van der Waals surface area contributed by atoms with Gasteiger partial charge in [0.05, 0.1) is 25.4 Å². The van der Waals surface area contributed by atoms with Crippen LogP contribution in [0.2, 0.25) is 0 Å². The van der Waals surface area contributed by atoms with Crippen molar-refractivity contribution >= 4 is 5.91 Å². The molecule has 1 aliphatic heterocycles. The molecule has 1 heterocycles. The highest BCUT2D eigenvalue weighted by atomic mass is 16.7. The minimum Gasteiger partial charge on any atom is -0.394 e. The number of nitrogens with one attached hydrogen (secondary N) is 1. The summed E-state index contributed by atoms with van der Waals surface area (Å²) in [7, 11) is 0. The molecule has 0 bridgehead atoms. The monoisotopic (exact) mass is 1080 g/mol. The van der Waals surface area contributed by atoms with Crippen molar-refractivity contribution < 1.29 is 50.0 Å². The molecule has 0 aromatic heterocycles. The van der Waals surface area contributed by atoms with Gasteiger partial charge in [0.1, 0.15) is 36.6 Å². The average molecular weight is 1080 g/mol. The lowest BCUT2D eigenvalue weighted by molar-refractivity contribution is -0.303. The first kappa shape index (κ1) is 72.6. The molecule has 8 N–H and O–H groups in total. The first-order valence-corrected chi connectivity index (χ1v) is 32.7. The number of unbranched alkanes of at least 4 members (excludes halogenated alkanes) is 41. The summed E-state index contributed by atoms with van der Waals surface area (Å²) in [6.07, 6.45) is 55.4. The van der Waals surface area contributed by atoms with Crippen molar-refractivity contribution in [2.45, 2.75) is 371 Å². The lowest BCUT2D eigenvalue weighted by Gasteiger charge is -2.40. The first-order chi connectivity index (χ1) is 37.2. The summed E-state index contributed by atoms with van der Waals surface area (Å²) in [6.45, 7) is 3.49. The van der Waals surface area contributed by atoms with Gasteiger partial charge >= 0.3 is 0 Å². The fourth-order valence-electron chi connectivity index (χ4n) is 10.7. The van der Waals surface area contributed by atoms with E-state index in [0.29, 0.717) is 19.3 Å². The Morgan fingerprint density at radius 1 is 0.447 bits per heavy atom. The minimum atomic E-state index is -1.67. The third-order valence-corrected chi connectivity index (χ3v) is 16.0. The van der Waals surface area contributed by atoms with E-state index in [0.717, 1.165) is 38.5 Å². The number of allylic oxidation sites excluding steroid dienone is 4. The van der Waals surface area contributed by atoms with Crippen LogP contribution >= 0.6 is 0 Å². The van der Waals surface area contributed by atoms with Crippen molar-refractivity contribution in [2.75, 3.05) is 13.2 Å². The molecule has 1 rings (SSSR count). The largest absolute Gasteiger partial charge is 0.394 e. The summed E-state index contributed by atoms with van der Waals surface area (Å²) in [5, 5.41) is 76.3. The number of hydrogen-bond acceptors (Lipinski definition) is 10. The summed E-state index contributed by atoms with van der Waals surface area (Å²) < 4.78 is 11.2. The number of rotatable bonds is 57. The van der Waals surface area contributed by atoms with Crippen LogP contribution in [0.25, 0.3) is 0 Å². The molecule has 1 amide bonds. The van der Waals surface area contributed by atoms with Crippen LogP contribution in [0.1, 0.15) is 316 Å². The lowest BCUT2D eigenvalue weighted by atomic mass is 9.98. The van der Waals surface area contributed by atoms with Gasteiger partial charge in [-0.3, -0.25) is 4.79 Å². The Kier molecular flexibility index (Phi) is 51.8. The molecule has 0 aromatic rings. The Hall–Kier alpha value is -1.41. The summed E-state index contributed by atoms with van der Waals surface area (Å²) in [5.74, 6) is -0.704. The quantitative estimate of drug-likeness (QED) is 0.0215. The van der Waals surface area contributed by atoms with Crippen LogP contribution in [-0.2, 0) is 14.3 Å². The summed E-state index contributed by atoms with van der Waals surface area (Å²) >= 11 is 0. The highest BCUT2D eigenvalue weighted by Gasteiger charge is 2.44. The fourth-order valence-corrected chi connectivity index (χ4v) is 10.7. The van der Waals surface area contributed by atoms with Gasteiger partial charge in [-0.25, -0.2) is 0 Å². The molecule has 1 fully saturated rings. The smallest absolute Gasteiger partial charge is 0.249 e. The van der Waals surface area contributed by atoms with Crippen LogP contribution in [0.5, 0.6) is 0 Å². The van der Waals surface area contributed by atoms with Gasteiger partial charge in [-0.2, -0.15) is 0 Å². The zero-order valence-corrected chi connectivity index (χ0v) is 49.5. The van der Waals surface area contributed by atoms with E-state index in [-0.39, 0.29) is 12.8 Å². The highest BCUT2D eigenvalue weighted by Crippen LogP contribution is 2.24. The van der Waals surface area contributed by atoms with E-state index in [1.54, 1.807) is 0 Å². The number of hydrogen-bond donors (Lipinski definition) is 8. The Labute approximate surface area is 467 Å². The normalized spacial score (nSPS) is 19.7. The highest BCUT2D eigenvalue weighted by molar-refractivity contribution is 5.80. The molecule has 0 radical (unpaired) electrons. The van der Waals surface area contributed by atoms with E-state index in [4.69, 9.17) is 9.47 Å². The molecule has 0 spiro atoms. The summed E-state index contributed by atoms with van der Waals surface area (Å²) in [4.78, 5) is 13.2. The second kappa shape index (κ2) is 54.2. The molecule has 0 saturated carbocycles. The Morgan fingerprint density at radius 2 is 0.789 bits per heavy atom. The van der Waals surface area contributed by atoms with Crippen LogP contribution in [0.3, 0.4) is 0 Å². The second-order valence-electron chi connectivity index (χ2n) is 23.2. The van der Waals surface area contributed by atoms with Gasteiger partial charge in [0.25, 0.3) is 0 Å². The van der Waals surface area contributed by atoms with Crippen molar-refractivity contribution in [1.29, 1.82) is 0 Å². The van der Waals surface area contributed by atoms with Crippen LogP contribution in [0, 0.1) is 0 Å². The van der Waals surface area contributed by atoms with Gasteiger partial charge in [-0.15, -0.1) is 0 Å². The number of amides is 1. The molecule has 9 atom stereocenters. The Balaban J connectivity index is 2.27. The minimum absolute atomic E-state index is 0.249. The van der Waals surface area contributed by atoms with Crippen LogP contribution in [0.4, 0.5) is 0 Å². The van der Waals surface area contributed by atoms with Crippen molar-refractivity contribution in [3.05, 3.63) is 24.3 Å². The Morgan fingerprint density at radius 3 is 1.17 bits per heavy atom. The molecule has 11 heteroatoms. The van der Waals surface area contributed by atoms with Gasteiger partial charge in [-0.05, 0) is 51.4 Å². The molecule has 450 valence electrons. The maximum absolute atomic E-state index is 13.2. The summed E-state index contributed by atoms with van der Waals surface area (Å²) in [5.41, 5.74) is 0. The van der Waals surface area contributed by atoms with Crippen molar-refractivity contribution in [2.24, 2.45) is 0 Å². The third kappa shape index (κ3) is 41.6. The van der Waals surface area contributed by atoms with E-state index >= 15 is 0 Å². The lowest BCUT2D eigenvalue weighted by Crippen LogP contribution is -2.60. The Bertz CT molecular complexity index is 1280. The maximum atomic E-state index is 13.2. The molecule has 0 aromatic carbocycles. The second-order valence-corrected chi connectivity index (χ2v) is 23.2. The van der Waals surface area contributed by atoms with E-state index in [1.807, 2.05) is 0 Å². The molecule has 9 unspecified atom stereocenters. The van der Waals surface area contributed by atoms with E-state index in [2.05, 4.69) is 43.5 Å². The van der Waals surface area contributed by atoms with Crippen molar-refractivity contribution in [3.63, 3.8) is 0 Å². The number of carbonyl (C=O) groups is 1. The van der Waals surface area contributed by atoms with Gasteiger partial charge in [0.15, 0.2) is 6.29 Å². The van der Waals surface area contributed by atoms with Gasteiger partial charge < -0.3 is 50.5 Å². The zero-order chi connectivity index (χ0) is 55.4. The molecule has 76 heavy (non-hydrogen) atoms. The van der Waals surface area contributed by atoms with E-state index < -0.39 is 74.2 Å². The van der Waals surface area contributed by atoms with Crippen LogP contribution in [-0.4, -0.2) is 110 Å². The predicted octanol–water partition coefficient (Wildman–Crippen LogP) is 14.9. The summed E-state index contributed by atoms with van der Waals surface area (Å²) in [6, 6.07) is -1.19. The van der Waals surface area contributed by atoms with Gasteiger partial charge in [0.2, 0.25) is 5.91 Å². The van der Waals surface area contributed by atoms with Crippen LogP contribution in [0.15, 0.2) is 24.3 Å². The molecule has 0 aliphatic carbocycles. The van der Waals surface area contributed by atoms with Crippen molar-refractivity contribution in [3.8, 4) is 0 Å². The average Bonchev–Trinajstić information content (AvgIpc) is 3.42. The van der Waals surface area contributed by atoms with E-state index in [1.165, 1.54) is 231 Å². The number of ether oxygens (including phenoxy) is 2. The predicted molar refractivity (Wildman–Crippen MR) is 316 cm³/mol. The molecular weight excluding hydrogens is 955 g/mol. The third-order valence-electron chi connectivity index (χ3n) is 16.0. The maximum Gasteiger partial charge on any atom is 0.249 e. The molecular formula is C65H125NO10. The number of carbonyl (C=O) groups excluding carboxylic acids is 1. The van der Waals surface area contributed by atoms with Gasteiger partial charge in [-0.1, -0.05) is 289 Å². The topological polar surface area (TPSA) is 189 Å². The molecule has 1 saturated heterocycles.